The van der Waals surface area contributed by atoms with Crippen molar-refractivity contribution in [3.63, 3.8) is 0 Å². The van der Waals surface area contributed by atoms with Crippen molar-refractivity contribution >= 4 is 5.97 Å². The molecule has 1 aromatic rings. The van der Waals surface area contributed by atoms with Gasteiger partial charge in [-0.3, -0.25) is 0 Å². The monoisotopic (exact) mass is 208 g/mol. The Hall–Kier alpha value is -1.51. The summed E-state index contributed by atoms with van der Waals surface area (Å²) in [5.74, 6) is 0.333. The lowest BCUT2D eigenvalue weighted by Gasteiger charge is -2.13. The average Bonchev–Trinajstić information content (AvgIpc) is 2.14. The van der Waals surface area contributed by atoms with Crippen molar-refractivity contribution in [1.29, 1.82) is 0 Å². The number of aryl methyl sites for hydroxylation is 2. The van der Waals surface area contributed by atoms with Crippen LogP contribution in [0.2, 0.25) is 0 Å². The minimum atomic E-state index is -0.573. The fraction of sp³-hybridized carbons (Fsp3) is 0.417. The molecule has 0 heterocycles. The molecule has 0 aromatic heterocycles. The Balaban J connectivity index is 2.76. The Morgan fingerprint density at radius 2 is 1.73 bits per heavy atom. The minimum Gasteiger partial charge on any atom is -0.479 e. The second kappa shape index (κ2) is 4.82. The zero-order valence-corrected chi connectivity index (χ0v) is 9.53. The van der Waals surface area contributed by atoms with Crippen LogP contribution in [0.25, 0.3) is 0 Å². The van der Waals surface area contributed by atoms with Crippen molar-refractivity contribution in [2.24, 2.45) is 0 Å². The van der Waals surface area contributed by atoms with Gasteiger partial charge in [0.2, 0.25) is 0 Å². The van der Waals surface area contributed by atoms with E-state index in [9.17, 15) is 4.79 Å². The van der Waals surface area contributed by atoms with Gasteiger partial charge in [-0.1, -0.05) is 6.07 Å². The number of benzene rings is 1. The first-order valence-corrected chi connectivity index (χ1v) is 4.85. The first kappa shape index (κ1) is 11.6. The maximum atomic E-state index is 11.1. The fourth-order valence-electron chi connectivity index (χ4n) is 1.42. The molecule has 3 nitrogen and oxygen atoms in total. The van der Waals surface area contributed by atoms with Gasteiger partial charge in [0.15, 0.2) is 6.10 Å². The zero-order chi connectivity index (χ0) is 11.4. The standard InChI is InChI=1S/C12H16O3/c1-8-5-9(2)7-11(6-8)15-10(3)12(13)14-4/h5-7,10H,1-4H3/t10-/m0/s1. The van der Waals surface area contributed by atoms with Gasteiger partial charge in [0, 0.05) is 0 Å². The third-order valence-electron chi connectivity index (χ3n) is 2.04. The van der Waals surface area contributed by atoms with E-state index >= 15 is 0 Å². The van der Waals surface area contributed by atoms with Crippen molar-refractivity contribution in [1.82, 2.24) is 0 Å². The number of hydrogen-bond acceptors (Lipinski definition) is 3. The molecule has 1 aromatic carbocycles. The van der Waals surface area contributed by atoms with Gasteiger partial charge in [0.05, 0.1) is 7.11 Å². The van der Waals surface area contributed by atoms with E-state index < -0.39 is 6.10 Å². The Labute approximate surface area is 90.0 Å². The molecule has 0 aliphatic carbocycles. The molecular weight excluding hydrogens is 192 g/mol. The van der Waals surface area contributed by atoms with E-state index in [0.29, 0.717) is 5.75 Å². The third-order valence-corrected chi connectivity index (χ3v) is 2.04. The number of carbonyl (C=O) groups excluding carboxylic acids is 1. The molecule has 0 fully saturated rings. The van der Waals surface area contributed by atoms with Crippen LogP contribution in [0.5, 0.6) is 5.75 Å². The molecule has 0 amide bonds. The van der Waals surface area contributed by atoms with Crippen molar-refractivity contribution in [2.45, 2.75) is 26.9 Å². The molecule has 0 spiro atoms. The molecule has 15 heavy (non-hydrogen) atoms. The van der Waals surface area contributed by atoms with Gasteiger partial charge in [-0.15, -0.1) is 0 Å². The molecule has 0 aliphatic rings. The predicted octanol–water partition coefficient (Wildman–Crippen LogP) is 2.24. The lowest BCUT2D eigenvalue weighted by atomic mass is 10.1. The van der Waals surface area contributed by atoms with E-state index in [4.69, 9.17) is 4.74 Å². The first-order chi connectivity index (χ1) is 7.02. The maximum absolute atomic E-state index is 11.1. The van der Waals surface area contributed by atoms with Crippen LogP contribution in [0.4, 0.5) is 0 Å². The molecule has 0 unspecified atom stereocenters. The second-order valence-corrected chi connectivity index (χ2v) is 3.61. The van der Waals surface area contributed by atoms with E-state index in [1.807, 2.05) is 26.0 Å². The summed E-state index contributed by atoms with van der Waals surface area (Å²) in [4.78, 5) is 11.1. The second-order valence-electron chi connectivity index (χ2n) is 3.61. The molecule has 0 saturated heterocycles. The number of methoxy groups -OCH3 is 1. The normalized spacial score (nSPS) is 12.0. The van der Waals surface area contributed by atoms with E-state index in [1.165, 1.54) is 7.11 Å². The summed E-state index contributed by atoms with van der Waals surface area (Å²) in [7, 11) is 1.35. The van der Waals surface area contributed by atoms with E-state index in [1.54, 1.807) is 6.92 Å². The predicted molar refractivity (Wildman–Crippen MR) is 58.0 cm³/mol. The van der Waals surface area contributed by atoms with Crippen LogP contribution < -0.4 is 4.74 Å². The number of esters is 1. The fourth-order valence-corrected chi connectivity index (χ4v) is 1.42. The molecule has 3 heteroatoms. The molecule has 1 atom stereocenters. The Bertz CT molecular complexity index is 338. The van der Waals surface area contributed by atoms with Gasteiger partial charge in [0.1, 0.15) is 5.75 Å². The van der Waals surface area contributed by atoms with E-state index in [0.717, 1.165) is 11.1 Å². The van der Waals surface area contributed by atoms with Crippen molar-refractivity contribution in [3.8, 4) is 5.75 Å². The lowest BCUT2D eigenvalue weighted by Crippen LogP contribution is -2.24. The van der Waals surface area contributed by atoms with Crippen LogP contribution in [0.3, 0.4) is 0 Å². The van der Waals surface area contributed by atoms with Gasteiger partial charge in [-0.25, -0.2) is 4.79 Å². The highest BCUT2D eigenvalue weighted by atomic mass is 16.6. The summed E-state index contributed by atoms with van der Waals surface area (Å²) in [6.07, 6.45) is -0.573. The summed E-state index contributed by atoms with van der Waals surface area (Å²) < 4.78 is 10.0. The van der Waals surface area contributed by atoms with Gasteiger partial charge in [0.25, 0.3) is 0 Å². The summed E-state index contributed by atoms with van der Waals surface area (Å²) in [6, 6.07) is 5.84. The van der Waals surface area contributed by atoms with Crippen LogP contribution in [0, 0.1) is 13.8 Å². The quantitative estimate of drug-likeness (QED) is 0.715. The topological polar surface area (TPSA) is 35.5 Å². The summed E-state index contributed by atoms with van der Waals surface area (Å²) >= 11 is 0. The number of rotatable bonds is 3. The van der Waals surface area contributed by atoms with Crippen molar-refractivity contribution < 1.29 is 14.3 Å². The molecule has 82 valence electrons. The van der Waals surface area contributed by atoms with Crippen molar-refractivity contribution in [2.75, 3.05) is 7.11 Å². The third kappa shape index (κ3) is 3.27. The SMILES string of the molecule is COC(=O)[C@H](C)Oc1cc(C)cc(C)c1. The summed E-state index contributed by atoms with van der Waals surface area (Å²) in [5.41, 5.74) is 2.23. The van der Waals surface area contributed by atoms with Crippen molar-refractivity contribution in [3.05, 3.63) is 29.3 Å². The maximum Gasteiger partial charge on any atom is 0.346 e. The van der Waals surface area contributed by atoms with Crippen LogP contribution in [-0.4, -0.2) is 19.2 Å². The highest BCUT2D eigenvalue weighted by Crippen LogP contribution is 2.17. The lowest BCUT2D eigenvalue weighted by molar-refractivity contribution is -0.147. The van der Waals surface area contributed by atoms with Gasteiger partial charge < -0.3 is 9.47 Å². The summed E-state index contributed by atoms with van der Waals surface area (Å²) in [6.45, 7) is 5.65. The van der Waals surface area contributed by atoms with Gasteiger partial charge >= 0.3 is 5.97 Å². The summed E-state index contributed by atoms with van der Waals surface area (Å²) in [5, 5.41) is 0. The van der Waals surface area contributed by atoms with E-state index in [2.05, 4.69) is 10.8 Å². The van der Waals surface area contributed by atoms with E-state index in [-0.39, 0.29) is 5.97 Å². The van der Waals surface area contributed by atoms with Gasteiger partial charge in [-0.05, 0) is 44.0 Å². The highest BCUT2D eigenvalue weighted by molar-refractivity contribution is 5.74. The molecule has 0 saturated carbocycles. The average molecular weight is 208 g/mol. The Morgan fingerprint density at radius 3 is 2.20 bits per heavy atom. The molecule has 1 rings (SSSR count). The largest absolute Gasteiger partial charge is 0.479 e. The molecule has 0 radical (unpaired) electrons. The number of carbonyl (C=O) groups is 1. The minimum absolute atomic E-state index is 0.367. The molecule has 0 aliphatic heterocycles. The zero-order valence-electron chi connectivity index (χ0n) is 9.53. The molecule has 0 N–H and O–H groups in total. The number of hydrogen-bond donors (Lipinski definition) is 0. The Kier molecular flexibility index (Phi) is 3.72. The molecular formula is C12H16O3. The van der Waals surface area contributed by atoms with Crippen LogP contribution in [0.1, 0.15) is 18.1 Å². The first-order valence-electron chi connectivity index (χ1n) is 4.85. The molecule has 0 bridgehead atoms. The van der Waals surface area contributed by atoms with Crippen LogP contribution >= 0.6 is 0 Å². The van der Waals surface area contributed by atoms with Crippen LogP contribution in [0.15, 0.2) is 18.2 Å². The Morgan fingerprint density at radius 1 is 1.20 bits per heavy atom. The van der Waals surface area contributed by atoms with Crippen LogP contribution in [-0.2, 0) is 9.53 Å². The highest BCUT2D eigenvalue weighted by Gasteiger charge is 2.14. The smallest absolute Gasteiger partial charge is 0.346 e. The number of ether oxygens (including phenoxy) is 2. The van der Waals surface area contributed by atoms with Gasteiger partial charge in [-0.2, -0.15) is 0 Å².